The Balaban J connectivity index is 1.60. The van der Waals surface area contributed by atoms with Crippen molar-refractivity contribution in [3.05, 3.63) is 56.7 Å². The molecule has 2 aromatic rings. The van der Waals surface area contributed by atoms with E-state index >= 15 is 0 Å². The molecule has 0 amide bonds. The SMILES string of the molecule is CC(C)C(NC1CC(c2ccccc2Br)C1)c1cccs1. The predicted molar refractivity (Wildman–Crippen MR) is 94.9 cm³/mol. The van der Waals surface area contributed by atoms with E-state index in [-0.39, 0.29) is 0 Å². The molecule has 1 saturated carbocycles. The molecule has 112 valence electrons. The topological polar surface area (TPSA) is 12.0 Å². The van der Waals surface area contributed by atoms with Gasteiger partial charge in [0, 0.05) is 21.4 Å². The number of benzene rings is 1. The molecule has 0 spiro atoms. The minimum Gasteiger partial charge on any atom is -0.306 e. The Morgan fingerprint density at radius 2 is 1.90 bits per heavy atom. The van der Waals surface area contributed by atoms with Crippen LogP contribution < -0.4 is 5.32 Å². The van der Waals surface area contributed by atoms with Crippen molar-refractivity contribution in [2.75, 3.05) is 0 Å². The van der Waals surface area contributed by atoms with E-state index in [1.807, 2.05) is 11.3 Å². The van der Waals surface area contributed by atoms with Gasteiger partial charge in [0.1, 0.15) is 0 Å². The first-order valence-corrected chi connectivity index (χ1v) is 9.36. The Morgan fingerprint density at radius 1 is 1.14 bits per heavy atom. The van der Waals surface area contributed by atoms with Crippen LogP contribution >= 0.6 is 27.3 Å². The lowest BCUT2D eigenvalue weighted by Gasteiger charge is -2.40. The second-order valence-electron chi connectivity index (χ2n) is 6.29. The van der Waals surface area contributed by atoms with Crippen LogP contribution in [0.3, 0.4) is 0 Å². The van der Waals surface area contributed by atoms with Crippen LogP contribution in [0.1, 0.15) is 49.1 Å². The Labute approximate surface area is 139 Å². The molecule has 1 aliphatic carbocycles. The van der Waals surface area contributed by atoms with Crippen molar-refractivity contribution in [2.45, 2.75) is 44.7 Å². The van der Waals surface area contributed by atoms with Crippen LogP contribution in [-0.2, 0) is 0 Å². The predicted octanol–water partition coefficient (Wildman–Crippen LogP) is 5.74. The van der Waals surface area contributed by atoms with Crippen LogP contribution in [0.5, 0.6) is 0 Å². The first kappa shape index (κ1) is 15.3. The number of hydrogen-bond donors (Lipinski definition) is 1. The molecule has 1 aromatic heterocycles. The fourth-order valence-electron chi connectivity index (χ4n) is 3.14. The molecule has 0 saturated heterocycles. The molecular weight excluding hydrogens is 342 g/mol. The average molecular weight is 364 g/mol. The molecule has 21 heavy (non-hydrogen) atoms. The molecule has 3 heteroatoms. The van der Waals surface area contributed by atoms with Gasteiger partial charge in [-0.2, -0.15) is 0 Å². The lowest BCUT2D eigenvalue weighted by atomic mass is 9.75. The van der Waals surface area contributed by atoms with Gasteiger partial charge in [-0.1, -0.05) is 54.0 Å². The standard InChI is InChI=1S/C18H22BrNS/c1-12(2)18(17-8-5-9-21-17)20-14-10-13(11-14)15-6-3-4-7-16(15)19/h3-9,12-14,18,20H,10-11H2,1-2H3. The number of halogens is 1. The van der Waals surface area contributed by atoms with Crippen molar-refractivity contribution in [3.63, 3.8) is 0 Å². The molecular formula is C18H22BrNS. The molecule has 1 N–H and O–H groups in total. The van der Waals surface area contributed by atoms with Crippen LogP contribution in [0.2, 0.25) is 0 Å². The molecule has 3 rings (SSSR count). The van der Waals surface area contributed by atoms with Gasteiger partial charge in [0.2, 0.25) is 0 Å². The zero-order chi connectivity index (χ0) is 14.8. The highest BCUT2D eigenvalue weighted by molar-refractivity contribution is 9.10. The first-order valence-electron chi connectivity index (χ1n) is 7.69. The molecule has 1 aromatic carbocycles. The normalized spacial score (nSPS) is 23.0. The van der Waals surface area contributed by atoms with E-state index in [0.29, 0.717) is 23.9 Å². The minimum absolute atomic E-state index is 0.496. The summed E-state index contributed by atoms with van der Waals surface area (Å²) in [5.74, 6) is 1.33. The lowest BCUT2D eigenvalue weighted by molar-refractivity contribution is 0.243. The van der Waals surface area contributed by atoms with Gasteiger partial charge in [0.25, 0.3) is 0 Å². The van der Waals surface area contributed by atoms with Gasteiger partial charge in [0.05, 0.1) is 0 Å². The van der Waals surface area contributed by atoms with E-state index in [1.54, 1.807) is 0 Å². The quantitative estimate of drug-likeness (QED) is 0.713. The van der Waals surface area contributed by atoms with Crippen molar-refractivity contribution in [1.29, 1.82) is 0 Å². The largest absolute Gasteiger partial charge is 0.306 e. The summed E-state index contributed by atoms with van der Waals surface area (Å²) < 4.78 is 1.26. The maximum absolute atomic E-state index is 3.87. The summed E-state index contributed by atoms with van der Waals surface area (Å²) >= 11 is 5.54. The number of hydrogen-bond acceptors (Lipinski definition) is 2. The summed E-state index contributed by atoms with van der Waals surface area (Å²) in [5.41, 5.74) is 1.47. The molecule has 1 nitrogen and oxygen atoms in total. The second-order valence-corrected chi connectivity index (χ2v) is 8.12. The summed E-state index contributed by atoms with van der Waals surface area (Å²) in [7, 11) is 0. The fourth-order valence-corrected chi connectivity index (χ4v) is 4.71. The minimum atomic E-state index is 0.496. The Kier molecular flexibility index (Phi) is 4.82. The van der Waals surface area contributed by atoms with Crippen molar-refractivity contribution in [1.82, 2.24) is 5.32 Å². The molecule has 1 atom stereocenters. The summed E-state index contributed by atoms with van der Waals surface area (Å²) in [6, 6.07) is 14.2. The summed E-state index contributed by atoms with van der Waals surface area (Å²) in [6.45, 7) is 4.61. The molecule has 1 fully saturated rings. The Morgan fingerprint density at radius 3 is 2.52 bits per heavy atom. The van der Waals surface area contributed by atoms with Crippen LogP contribution in [0.15, 0.2) is 46.3 Å². The van der Waals surface area contributed by atoms with Crippen molar-refractivity contribution < 1.29 is 0 Å². The van der Waals surface area contributed by atoms with E-state index in [1.165, 1.54) is 27.8 Å². The van der Waals surface area contributed by atoms with Gasteiger partial charge < -0.3 is 5.32 Å². The van der Waals surface area contributed by atoms with E-state index < -0.39 is 0 Å². The highest BCUT2D eigenvalue weighted by Crippen LogP contribution is 2.41. The zero-order valence-corrected chi connectivity index (χ0v) is 15.0. The third kappa shape index (κ3) is 3.41. The maximum Gasteiger partial charge on any atom is 0.0440 e. The van der Waals surface area contributed by atoms with Crippen LogP contribution in [0, 0.1) is 5.92 Å². The molecule has 1 aliphatic rings. The number of thiophene rings is 1. The van der Waals surface area contributed by atoms with Gasteiger partial charge >= 0.3 is 0 Å². The summed E-state index contributed by atoms with van der Waals surface area (Å²) in [6.07, 6.45) is 2.49. The smallest absolute Gasteiger partial charge is 0.0440 e. The molecule has 1 heterocycles. The van der Waals surface area contributed by atoms with Crippen molar-refractivity contribution in [3.8, 4) is 0 Å². The van der Waals surface area contributed by atoms with Gasteiger partial charge in [-0.25, -0.2) is 0 Å². The number of rotatable bonds is 5. The zero-order valence-electron chi connectivity index (χ0n) is 12.6. The van der Waals surface area contributed by atoms with Crippen molar-refractivity contribution in [2.24, 2.45) is 5.92 Å². The molecule has 0 aliphatic heterocycles. The van der Waals surface area contributed by atoms with E-state index in [0.717, 1.165) is 0 Å². The fraction of sp³-hybridized carbons (Fsp3) is 0.444. The number of nitrogens with one attached hydrogen (secondary N) is 1. The highest BCUT2D eigenvalue weighted by atomic mass is 79.9. The van der Waals surface area contributed by atoms with E-state index in [4.69, 9.17) is 0 Å². The van der Waals surface area contributed by atoms with Gasteiger partial charge in [-0.05, 0) is 47.8 Å². The lowest BCUT2D eigenvalue weighted by Crippen LogP contribution is -2.43. The average Bonchev–Trinajstić information content (AvgIpc) is 2.92. The monoisotopic (exact) mass is 363 g/mol. The van der Waals surface area contributed by atoms with E-state index in [9.17, 15) is 0 Å². The summed E-state index contributed by atoms with van der Waals surface area (Å²) in [4.78, 5) is 1.47. The third-order valence-corrected chi connectivity index (χ3v) is 6.09. The van der Waals surface area contributed by atoms with Gasteiger partial charge in [-0.15, -0.1) is 11.3 Å². The Bertz CT molecular complexity index is 573. The van der Waals surface area contributed by atoms with Gasteiger partial charge in [0.15, 0.2) is 0 Å². The second kappa shape index (κ2) is 6.64. The van der Waals surface area contributed by atoms with Crippen LogP contribution in [0.25, 0.3) is 0 Å². The molecule has 1 unspecified atom stereocenters. The maximum atomic E-state index is 3.87. The van der Waals surface area contributed by atoms with Crippen molar-refractivity contribution >= 4 is 27.3 Å². The highest BCUT2D eigenvalue weighted by Gasteiger charge is 2.33. The van der Waals surface area contributed by atoms with Crippen LogP contribution in [-0.4, -0.2) is 6.04 Å². The Hall–Kier alpha value is -0.640. The summed E-state index contributed by atoms with van der Waals surface area (Å²) in [5, 5.41) is 6.05. The van der Waals surface area contributed by atoms with Crippen LogP contribution in [0.4, 0.5) is 0 Å². The molecule has 0 radical (unpaired) electrons. The first-order chi connectivity index (χ1) is 10.1. The third-order valence-electron chi connectivity index (χ3n) is 4.41. The van der Waals surface area contributed by atoms with Gasteiger partial charge in [-0.3, -0.25) is 0 Å². The molecule has 0 bridgehead atoms. The van der Waals surface area contributed by atoms with E-state index in [2.05, 4.69) is 76.9 Å².